The summed E-state index contributed by atoms with van der Waals surface area (Å²) >= 11 is 0. The van der Waals surface area contributed by atoms with Crippen LogP contribution in [0.25, 0.3) is 0 Å². The largest absolute Gasteiger partial charge is 0.341 e. The molecule has 2 aliphatic rings. The van der Waals surface area contributed by atoms with E-state index in [2.05, 4.69) is 12.2 Å². The summed E-state index contributed by atoms with van der Waals surface area (Å²) in [5.41, 5.74) is 0.506. The van der Waals surface area contributed by atoms with Gasteiger partial charge in [0, 0.05) is 25.6 Å². The number of nitrogens with one attached hydrogen (secondary N) is 1. The molecule has 2 amide bonds. The molecule has 0 aromatic rings. The van der Waals surface area contributed by atoms with Crippen molar-refractivity contribution >= 4 is 6.03 Å². The first kappa shape index (κ1) is 8.85. The summed E-state index contributed by atoms with van der Waals surface area (Å²) < 4.78 is 0. The maximum Gasteiger partial charge on any atom is 0.317 e. The van der Waals surface area contributed by atoms with Crippen LogP contribution in [0.4, 0.5) is 4.79 Å². The lowest BCUT2D eigenvalue weighted by Gasteiger charge is -2.48. The molecule has 1 spiro atoms. The van der Waals surface area contributed by atoms with E-state index in [1.54, 1.807) is 7.05 Å². The molecular formula is C10H18N2O. The Labute approximate surface area is 79.5 Å². The highest BCUT2D eigenvalue weighted by molar-refractivity contribution is 5.74. The molecule has 0 radical (unpaired) electrons. The minimum atomic E-state index is 0.0881. The van der Waals surface area contributed by atoms with Crippen molar-refractivity contribution in [3.05, 3.63) is 0 Å². The van der Waals surface area contributed by atoms with Crippen LogP contribution in [0.15, 0.2) is 0 Å². The van der Waals surface area contributed by atoms with Gasteiger partial charge >= 0.3 is 6.03 Å². The van der Waals surface area contributed by atoms with Crippen molar-refractivity contribution in [1.29, 1.82) is 0 Å². The van der Waals surface area contributed by atoms with Crippen LogP contribution >= 0.6 is 0 Å². The fourth-order valence-corrected chi connectivity index (χ4v) is 2.85. The number of likely N-dealkylation sites (tertiary alicyclic amines) is 1. The van der Waals surface area contributed by atoms with Crippen molar-refractivity contribution in [3.8, 4) is 0 Å². The Kier molecular flexibility index (Phi) is 1.97. The number of carbonyl (C=O) groups excluding carboxylic acids is 1. The van der Waals surface area contributed by atoms with Crippen molar-refractivity contribution in [3.63, 3.8) is 0 Å². The minimum absolute atomic E-state index is 0.0881. The smallest absolute Gasteiger partial charge is 0.317 e. The number of amides is 2. The summed E-state index contributed by atoms with van der Waals surface area (Å²) in [6.45, 7) is 4.28. The molecule has 2 rings (SSSR count). The molecule has 1 saturated heterocycles. The van der Waals surface area contributed by atoms with Gasteiger partial charge in [-0.3, -0.25) is 0 Å². The number of nitrogens with zero attached hydrogens (tertiary/aromatic N) is 1. The molecule has 3 nitrogen and oxygen atoms in total. The van der Waals surface area contributed by atoms with Crippen LogP contribution in [-0.4, -0.2) is 31.1 Å². The van der Waals surface area contributed by atoms with Gasteiger partial charge in [-0.25, -0.2) is 4.79 Å². The molecule has 1 aliphatic heterocycles. The molecule has 1 N–H and O–H groups in total. The van der Waals surface area contributed by atoms with Crippen LogP contribution in [0.1, 0.15) is 26.2 Å². The summed E-state index contributed by atoms with van der Waals surface area (Å²) in [6.07, 6.45) is 3.99. The zero-order valence-electron chi connectivity index (χ0n) is 8.47. The van der Waals surface area contributed by atoms with E-state index in [-0.39, 0.29) is 6.03 Å². The standard InChI is InChI=1S/C10H18N2O/c1-8-3-4-10(5-8)6-12(7-10)9(13)11-2/h8H,3-7H2,1-2H3,(H,11,13). The van der Waals surface area contributed by atoms with E-state index in [1.807, 2.05) is 4.90 Å². The number of hydrogen-bond donors (Lipinski definition) is 1. The first-order valence-electron chi connectivity index (χ1n) is 5.12. The van der Waals surface area contributed by atoms with Crippen LogP contribution in [0.5, 0.6) is 0 Å². The number of urea groups is 1. The second kappa shape index (κ2) is 2.89. The van der Waals surface area contributed by atoms with Crippen LogP contribution < -0.4 is 5.32 Å². The fraction of sp³-hybridized carbons (Fsp3) is 0.900. The topological polar surface area (TPSA) is 32.3 Å². The third-order valence-corrected chi connectivity index (χ3v) is 3.50. The van der Waals surface area contributed by atoms with Gasteiger partial charge < -0.3 is 10.2 Å². The molecule has 1 unspecified atom stereocenters. The number of rotatable bonds is 0. The average molecular weight is 182 g/mol. The molecule has 1 heterocycles. The second-order valence-electron chi connectivity index (χ2n) is 4.76. The van der Waals surface area contributed by atoms with Crippen molar-refractivity contribution < 1.29 is 4.79 Å². The van der Waals surface area contributed by atoms with Gasteiger partial charge in [0.25, 0.3) is 0 Å². The normalized spacial score (nSPS) is 30.3. The Morgan fingerprint density at radius 1 is 1.54 bits per heavy atom. The Balaban J connectivity index is 1.87. The van der Waals surface area contributed by atoms with Gasteiger partial charge in [-0.05, 0) is 18.8 Å². The van der Waals surface area contributed by atoms with Gasteiger partial charge in [0.15, 0.2) is 0 Å². The monoisotopic (exact) mass is 182 g/mol. The summed E-state index contributed by atoms with van der Waals surface area (Å²) in [5.74, 6) is 0.867. The summed E-state index contributed by atoms with van der Waals surface area (Å²) in [5, 5.41) is 2.67. The number of hydrogen-bond acceptors (Lipinski definition) is 1. The highest BCUT2D eigenvalue weighted by Crippen LogP contribution is 2.47. The minimum Gasteiger partial charge on any atom is -0.341 e. The molecule has 2 fully saturated rings. The van der Waals surface area contributed by atoms with Crippen molar-refractivity contribution in [2.75, 3.05) is 20.1 Å². The van der Waals surface area contributed by atoms with Crippen molar-refractivity contribution in [2.24, 2.45) is 11.3 Å². The lowest BCUT2D eigenvalue weighted by Crippen LogP contribution is -2.59. The van der Waals surface area contributed by atoms with E-state index in [9.17, 15) is 4.79 Å². The summed E-state index contributed by atoms with van der Waals surface area (Å²) in [4.78, 5) is 13.1. The fourth-order valence-electron chi connectivity index (χ4n) is 2.85. The Morgan fingerprint density at radius 2 is 2.23 bits per heavy atom. The van der Waals surface area contributed by atoms with Gasteiger partial charge in [-0.15, -0.1) is 0 Å². The first-order chi connectivity index (χ1) is 6.15. The van der Waals surface area contributed by atoms with Gasteiger partial charge in [0.05, 0.1) is 0 Å². The first-order valence-corrected chi connectivity index (χ1v) is 5.12. The van der Waals surface area contributed by atoms with Gasteiger partial charge in [-0.2, -0.15) is 0 Å². The highest BCUT2D eigenvalue weighted by Gasteiger charge is 2.48. The van der Waals surface area contributed by atoms with Crippen molar-refractivity contribution in [2.45, 2.75) is 26.2 Å². The van der Waals surface area contributed by atoms with Crippen LogP contribution in [-0.2, 0) is 0 Å². The van der Waals surface area contributed by atoms with E-state index < -0.39 is 0 Å². The van der Waals surface area contributed by atoms with E-state index >= 15 is 0 Å². The maximum absolute atomic E-state index is 11.2. The molecule has 3 heteroatoms. The molecule has 1 aliphatic carbocycles. The summed E-state index contributed by atoms with van der Waals surface area (Å²) in [7, 11) is 1.70. The lowest BCUT2D eigenvalue weighted by atomic mass is 9.78. The quantitative estimate of drug-likeness (QED) is 0.604. The Morgan fingerprint density at radius 3 is 2.69 bits per heavy atom. The van der Waals surface area contributed by atoms with E-state index in [0.717, 1.165) is 19.0 Å². The third-order valence-electron chi connectivity index (χ3n) is 3.50. The Hall–Kier alpha value is -0.730. The molecule has 13 heavy (non-hydrogen) atoms. The van der Waals surface area contributed by atoms with Gasteiger partial charge in [-0.1, -0.05) is 13.3 Å². The molecule has 0 aromatic carbocycles. The lowest BCUT2D eigenvalue weighted by molar-refractivity contribution is 0.0351. The van der Waals surface area contributed by atoms with Crippen LogP contribution in [0.3, 0.4) is 0 Å². The van der Waals surface area contributed by atoms with Crippen LogP contribution in [0, 0.1) is 11.3 Å². The molecule has 0 bridgehead atoms. The van der Waals surface area contributed by atoms with Crippen LogP contribution in [0.2, 0.25) is 0 Å². The van der Waals surface area contributed by atoms with E-state index in [0.29, 0.717) is 5.41 Å². The molecule has 74 valence electrons. The van der Waals surface area contributed by atoms with Crippen molar-refractivity contribution in [1.82, 2.24) is 10.2 Å². The molecule has 1 atom stereocenters. The second-order valence-corrected chi connectivity index (χ2v) is 4.76. The average Bonchev–Trinajstić information content (AvgIpc) is 2.43. The third kappa shape index (κ3) is 1.40. The van der Waals surface area contributed by atoms with Gasteiger partial charge in [0.1, 0.15) is 0 Å². The highest BCUT2D eigenvalue weighted by atomic mass is 16.2. The predicted octanol–water partition coefficient (Wildman–Crippen LogP) is 1.45. The zero-order valence-corrected chi connectivity index (χ0v) is 8.47. The van der Waals surface area contributed by atoms with E-state index in [4.69, 9.17) is 0 Å². The van der Waals surface area contributed by atoms with Gasteiger partial charge in [0.2, 0.25) is 0 Å². The maximum atomic E-state index is 11.2. The Bertz CT molecular complexity index is 221. The number of carbonyl (C=O) groups is 1. The molecule has 0 aromatic heterocycles. The van der Waals surface area contributed by atoms with E-state index in [1.165, 1.54) is 19.3 Å². The SMILES string of the molecule is CNC(=O)N1CC2(CCC(C)C2)C1. The molecule has 1 saturated carbocycles. The predicted molar refractivity (Wildman–Crippen MR) is 51.5 cm³/mol. The summed E-state index contributed by atoms with van der Waals surface area (Å²) in [6, 6.07) is 0.0881. The molecular weight excluding hydrogens is 164 g/mol. The zero-order chi connectivity index (χ0) is 9.47.